The SMILES string of the molecule is CN=C(NCC(c1ccc(F)cc1)N1CCOCC1)N1CCS(=O)(=O)C(C)(C)C1.I. The van der Waals surface area contributed by atoms with Crippen molar-refractivity contribution in [3.05, 3.63) is 35.6 Å². The fraction of sp³-hybridized carbons (Fsp3) is 0.650. The second-order valence-corrected chi connectivity index (χ2v) is 10.9. The van der Waals surface area contributed by atoms with E-state index in [-0.39, 0.29) is 41.6 Å². The third-order valence-electron chi connectivity index (χ3n) is 5.75. The second-order valence-electron chi connectivity index (χ2n) is 8.14. The molecule has 3 rings (SSSR count). The summed E-state index contributed by atoms with van der Waals surface area (Å²) < 4.78 is 42.7. The first kappa shape index (κ1) is 25.3. The molecule has 0 bridgehead atoms. The van der Waals surface area contributed by atoms with E-state index >= 15 is 0 Å². The Morgan fingerprint density at radius 3 is 2.43 bits per heavy atom. The Bertz CT molecular complexity index is 827. The van der Waals surface area contributed by atoms with Crippen molar-refractivity contribution in [3.63, 3.8) is 0 Å². The fourth-order valence-corrected chi connectivity index (χ4v) is 5.24. The summed E-state index contributed by atoms with van der Waals surface area (Å²) in [5.41, 5.74) is 1.03. The average Bonchev–Trinajstić information content (AvgIpc) is 2.69. The predicted molar refractivity (Wildman–Crippen MR) is 128 cm³/mol. The van der Waals surface area contributed by atoms with Crippen LogP contribution in [0.25, 0.3) is 0 Å². The maximum Gasteiger partial charge on any atom is 0.193 e. The molecule has 1 N–H and O–H groups in total. The number of morpholine rings is 1. The van der Waals surface area contributed by atoms with Gasteiger partial charge in [-0.25, -0.2) is 12.8 Å². The van der Waals surface area contributed by atoms with Crippen molar-refractivity contribution < 1.29 is 17.5 Å². The van der Waals surface area contributed by atoms with Crippen LogP contribution in [0.2, 0.25) is 0 Å². The summed E-state index contributed by atoms with van der Waals surface area (Å²) in [5, 5.41) is 3.42. The first-order valence-electron chi connectivity index (χ1n) is 9.99. The maximum atomic E-state index is 13.4. The topological polar surface area (TPSA) is 74.2 Å². The highest BCUT2D eigenvalue weighted by Gasteiger charge is 2.41. The summed E-state index contributed by atoms with van der Waals surface area (Å²) in [6, 6.07) is 6.64. The number of rotatable bonds is 4. The van der Waals surface area contributed by atoms with Gasteiger partial charge in [-0.05, 0) is 31.5 Å². The van der Waals surface area contributed by atoms with Gasteiger partial charge in [0.15, 0.2) is 15.8 Å². The molecular weight excluding hydrogens is 522 g/mol. The van der Waals surface area contributed by atoms with Gasteiger partial charge in [0.2, 0.25) is 0 Å². The molecule has 2 aliphatic rings. The standard InChI is InChI=1S/C20H31FN4O3S.HI/c1-20(2)15-25(10-13-29(20,26)27)19(22-3)23-14-18(24-8-11-28-12-9-24)16-4-6-17(21)7-5-16;/h4-7,18H,8-15H2,1-3H3,(H,22,23);1H. The molecule has 0 radical (unpaired) electrons. The molecule has 0 spiro atoms. The molecule has 0 saturated carbocycles. The van der Waals surface area contributed by atoms with Crippen LogP contribution in [0.1, 0.15) is 25.5 Å². The van der Waals surface area contributed by atoms with Gasteiger partial charge in [-0.1, -0.05) is 12.1 Å². The van der Waals surface area contributed by atoms with E-state index in [0.717, 1.165) is 18.7 Å². The molecule has 2 heterocycles. The second kappa shape index (κ2) is 10.6. The van der Waals surface area contributed by atoms with Crippen molar-refractivity contribution >= 4 is 39.8 Å². The molecule has 0 aliphatic carbocycles. The maximum absolute atomic E-state index is 13.4. The van der Waals surface area contributed by atoms with Gasteiger partial charge in [-0.15, -0.1) is 24.0 Å². The van der Waals surface area contributed by atoms with Crippen LogP contribution in [-0.2, 0) is 14.6 Å². The monoisotopic (exact) mass is 554 g/mol. The first-order chi connectivity index (χ1) is 13.7. The van der Waals surface area contributed by atoms with E-state index in [9.17, 15) is 12.8 Å². The number of hydrogen-bond acceptors (Lipinski definition) is 5. The zero-order chi connectivity index (χ0) is 21.1. The van der Waals surface area contributed by atoms with Crippen molar-refractivity contribution in [2.45, 2.75) is 24.6 Å². The number of nitrogens with one attached hydrogen (secondary N) is 1. The zero-order valence-corrected chi connectivity index (χ0v) is 21.0. The molecular formula is C20H32FIN4O3S. The van der Waals surface area contributed by atoms with Crippen LogP contribution < -0.4 is 5.32 Å². The summed E-state index contributed by atoms with van der Waals surface area (Å²) in [6.07, 6.45) is 0. The van der Waals surface area contributed by atoms with Gasteiger partial charge in [0, 0.05) is 39.8 Å². The third kappa shape index (κ3) is 5.83. The minimum absolute atomic E-state index is 0. The van der Waals surface area contributed by atoms with Crippen molar-refractivity contribution in [1.82, 2.24) is 15.1 Å². The molecule has 10 heteroatoms. The van der Waals surface area contributed by atoms with Crippen LogP contribution in [0.5, 0.6) is 0 Å². The molecule has 1 unspecified atom stereocenters. The lowest BCUT2D eigenvalue weighted by Gasteiger charge is -2.40. The van der Waals surface area contributed by atoms with E-state index in [4.69, 9.17) is 4.74 Å². The van der Waals surface area contributed by atoms with E-state index in [2.05, 4.69) is 15.2 Å². The molecule has 7 nitrogen and oxygen atoms in total. The number of halogens is 2. The fourth-order valence-electron chi connectivity index (χ4n) is 3.88. The molecule has 1 aromatic carbocycles. The van der Waals surface area contributed by atoms with E-state index in [0.29, 0.717) is 38.8 Å². The van der Waals surface area contributed by atoms with E-state index < -0.39 is 14.6 Å². The summed E-state index contributed by atoms with van der Waals surface area (Å²) in [5.74, 6) is 0.550. The van der Waals surface area contributed by atoms with Gasteiger partial charge < -0.3 is 15.0 Å². The molecule has 2 aliphatic heterocycles. The number of benzene rings is 1. The van der Waals surface area contributed by atoms with Gasteiger partial charge in [0.25, 0.3) is 0 Å². The van der Waals surface area contributed by atoms with Crippen molar-refractivity contribution in [2.75, 3.05) is 58.7 Å². The van der Waals surface area contributed by atoms with Crippen LogP contribution in [0.3, 0.4) is 0 Å². The minimum atomic E-state index is -3.11. The van der Waals surface area contributed by atoms with Crippen molar-refractivity contribution in [2.24, 2.45) is 4.99 Å². The summed E-state index contributed by atoms with van der Waals surface area (Å²) in [4.78, 5) is 8.71. The van der Waals surface area contributed by atoms with E-state index in [1.807, 2.05) is 17.0 Å². The highest BCUT2D eigenvalue weighted by Crippen LogP contribution is 2.25. The summed E-state index contributed by atoms with van der Waals surface area (Å²) in [7, 11) is -1.40. The number of ether oxygens (including phenoxy) is 1. The Hall–Kier alpha value is -0.980. The summed E-state index contributed by atoms with van der Waals surface area (Å²) in [6.45, 7) is 7.87. The van der Waals surface area contributed by atoms with Gasteiger partial charge in [-0.2, -0.15) is 0 Å². The van der Waals surface area contributed by atoms with Crippen LogP contribution in [-0.4, -0.2) is 87.7 Å². The lowest BCUT2D eigenvalue weighted by molar-refractivity contribution is 0.0168. The molecule has 170 valence electrons. The van der Waals surface area contributed by atoms with Gasteiger partial charge in [0.05, 0.1) is 29.8 Å². The Morgan fingerprint density at radius 2 is 1.87 bits per heavy atom. The zero-order valence-electron chi connectivity index (χ0n) is 17.8. The molecule has 30 heavy (non-hydrogen) atoms. The van der Waals surface area contributed by atoms with Crippen LogP contribution in [0.15, 0.2) is 29.3 Å². The molecule has 0 aromatic heterocycles. The van der Waals surface area contributed by atoms with E-state index in [1.54, 1.807) is 20.9 Å². The quantitative estimate of drug-likeness (QED) is 0.349. The largest absolute Gasteiger partial charge is 0.379 e. The van der Waals surface area contributed by atoms with Crippen molar-refractivity contribution in [3.8, 4) is 0 Å². The van der Waals surface area contributed by atoms with Crippen LogP contribution >= 0.6 is 24.0 Å². The first-order valence-corrected chi connectivity index (χ1v) is 11.6. The molecule has 0 amide bonds. The lowest BCUT2D eigenvalue weighted by Crippen LogP contribution is -2.58. The van der Waals surface area contributed by atoms with Crippen LogP contribution in [0, 0.1) is 5.82 Å². The minimum Gasteiger partial charge on any atom is -0.379 e. The molecule has 2 fully saturated rings. The summed E-state index contributed by atoms with van der Waals surface area (Å²) >= 11 is 0. The lowest BCUT2D eigenvalue weighted by atomic mass is 10.0. The van der Waals surface area contributed by atoms with E-state index in [1.165, 1.54) is 12.1 Å². The Labute approximate surface area is 196 Å². The Morgan fingerprint density at radius 1 is 1.23 bits per heavy atom. The number of guanidine groups is 1. The Kier molecular flexibility index (Phi) is 8.90. The molecule has 1 aromatic rings. The van der Waals surface area contributed by atoms with Gasteiger partial charge in [-0.3, -0.25) is 9.89 Å². The average molecular weight is 554 g/mol. The number of hydrogen-bond donors (Lipinski definition) is 1. The third-order valence-corrected chi connectivity index (χ3v) is 8.28. The predicted octanol–water partition coefficient (Wildman–Crippen LogP) is 1.90. The number of sulfone groups is 1. The Balaban J connectivity index is 0.00000320. The van der Waals surface area contributed by atoms with Crippen LogP contribution in [0.4, 0.5) is 4.39 Å². The van der Waals surface area contributed by atoms with Gasteiger partial charge >= 0.3 is 0 Å². The van der Waals surface area contributed by atoms with Gasteiger partial charge in [0.1, 0.15) is 5.82 Å². The highest BCUT2D eigenvalue weighted by molar-refractivity contribution is 14.0. The van der Waals surface area contributed by atoms with Crippen molar-refractivity contribution in [1.29, 1.82) is 0 Å². The highest BCUT2D eigenvalue weighted by atomic mass is 127. The number of nitrogens with zero attached hydrogens (tertiary/aromatic N) is 3. The number of aliphatic imine (C=N–C) groups is 1. The smallest absolute Gasteiger partial charge is 0.193 e. The molecule has 2 saturated heterocycles. The molecule has 1 atom stereocenters. The normalized spacial score (nSPS) is 22.8.